The molecule has 0 bridgehead atoms. The summed E-state index contributed by atoms with van der Waals surface area (Å²) in [5.41, 5.74) is 2.46. The molecule has 0 spiro atoms. The van der Waals surface area contributed by atoms with E-state index in [9.17, 15) is 14.7 Å². The van der Waals surface area contributed by atoms with E-state index < -0.39 is 11.5 Å². The van der Waals surface area contributed by atoms with Crippen LogP contribution in [0.5, 0.6) is 0 Å². The molecule has 0 saturated heterocycles. The van der Waals surface area contributed by atoms with Crippen LogP contribution in [-0.4, -0.2) is 16.8 Å². The second-order valence-corrected chi connectivity index (χ2v) is 8.73. The van der Waals surface area contributed by atoms with Crippen molar-refractivity contribution in [3.8, 4) is 0 Å². The maximum atomic E-state index is 13.4. The van der Waals surface area contributed by atoms with E-state index in [1.807, 2.05) is 68.4 Å². The molecule has 1 amide bonds. The summed E-state index contributed by atoms with van der Waals surface area (Å²) in [6.45, 7) is 4.10. The normalized spacial score (nSPS) is 17.9. The third-order valence-corrected chi connectivity index (χ3v) is 6.08. The first kappa shape index (κ1) is 20.5. The highest BCUT2D eigenvalue weighted by atomic mass is 79.9. The fraction of sp³-hybridized carbons (Fsp3) is 0.200. The van der Waals surface area contributed by atoms with Gasteiger partial charge in [0.05, 0.1) is 18.7 Å². The Morgan fingerprint density at radius 2 is 1.77 bits per heavy atom. The van der Waals surface area contributed by atoms with E-state index in [1.165, 1.54) is 0 Å². The molecule has 0 radical (unpaired) electrons. The van der Waals surface area contributed by atoms with Crippen molar-refractivity contribution in [1.82, 2.24) is 0 Å². The van der Waals surface area contributed by atoms with E-state index in [4.69, 9.17) is 0 Å². The number of Topliss-reactive ketones (excluding diaryl/α,β-unsaturated/α-hetero) is 1. The van der Waals surface area contributed by atoms with Crippen LogP contribution in [-0.2, 0) is 16.9 Å². The molecule has 152 valence electrons. The molecule has 4 rings (SSSR count). The number of aryl methyl sites for hydroxylation is 2. The molecule has 3 aromatic rings. The van der Waals surface area contributed by atoms with Crippen molar-refractivity contribution < 1.29 is 14.7 Å². The number of hydrogen-bond donors (Lipinski definition) is 1. The minimum atomic E-state index is -1.90. The van der Waals surface area contributed by atoms with Crippen LogP contribution in [0, 0.1) is 13.8 Å². The number of carbonyl (C=O) groups is 2. The maximum absolute atomic E-state index is 13.4. The lowest BCUT2D eigenvalue weighted by Gasteiger charge is -2.23. The molecule has 0 aromatic heterocycles. The average Bonchev–Trinajstić information content (AvgIpc) is 2.92. The number of fused-ring (bicyclic) bond motifs is 1. The van der Waals surface area contributed by atoms with Gasteiger partial charge in [-0.25, -0.2) is 0 Å². The molecule has 0 aliphatic carbocycles. The van der Waals surface area contributed by atoms with Crippen LogP contribution in [0.4, 0.5) is 5.69 Å². The van der Waals surface area contributed by atoms with Gasteiger partial charge in [0.15, 0.2) is 11.4 Å². The van der Waals surface area contributed by atoms with Crippen LogP contribution >= 0.6 is 15.9 Å². The molecule has 1 N–H and O–H groups in total. The number of ketones is 1. The molecule has 5 heteroatoms. The molecule has 4 nitrogen and oxygen atoms in total. The van der Waals surface area contributed by atoms with Gasteiger partial charge in [0.2, 0.25) is 0 Å². The monoisotopic (exact) mass is 463 g/mol. The van der Waals surface area contributed by atoms with E-state index in [0.717, 1.165) is 21.2 Å². The van der Waals surface area contributed by atoms with E-state index in [1.54, 1.807) is 17.0 Å². The number of nitrogens with zero attached hydrogens (tertiary/aromatic N) is 1. The zero-order valence-electron chi connectivity index (χ0n) is 16.9. The molecule has 0 saturated carbocycles. The molecular formula is C25H22BrNO3. The quantitative estimate of drug-likeness (QED) is 0.537. The number of hydrogen-bond acceptors (Lipinski definition) is 3. The van der Waals surface area contributed by atoms with Crippen LogP contribution in [0.25, 0.3) is 0 Å². The summed E-state index contributed by atoms with van der Waals surface area (Å²) in [6.07, 6.45) is -0.301. The van der Waals surface area contributed by atoms with Gasteiger partial charge in [-0.05, 0) is 49.2 Å². The highest BCUT2D eigenvalue weighted by Crippen LogP contribution is 2.45. The van der Waals surface area contributed by atoms with E-state index in [-0.39, 0.29) is 12.2 Å². The van der Waals surface area contributed by atoms with Gasteiger partial charge in [-0.1, -0.05) is 64.0 Å². The SMILES string of the molecule is Cc1ccc(C)c(C(=O)C[C@@]2(O)C(=O)N(Cc3ccccc3)c3ccc(Br)cc32)c1. The van der Waals surface area contributed by atoms with Crippen molar-refractivity contribution in [3.05, 3.63) is 99.0 Å². The molecule has 3 aromatic carbocycles. The first-order valence-electron chi connectivity index (χ1n) is 9.78. The first-order valence-corrected chi connectivity index (χ1v) is 10.6. The molecule has 1 aliphatic heterocycles. The van der Waals surface area contributed by atoms with Crippen molar-refractivity contribution in [1.29, 1.82) is 0 Å². The Hall–Kier alpha value is -2.76. The standard InChI is InChI=1S/C25H22BrNO3/c1-16-8-9-17(2)20(12-16)23(28)14-25(30)21-13-19(26)10-11-22(21)27(24(25)29)15-18-6-4-3-5-7-18/h3-13,30H,14-15H2,1-2H3/t25-/m0/s1. The largest absolute Gasteiger partial charge is 0.375 e. The average molecular weight is 464 g/mol. The molecule has 0 unspecified atom stereocenters. The first-order chi connectivity index (χ1) is 14.3. The lowest BCUT2D eigenvalue weighted by atomic mass is 9.87. The molecule has 1 heterocycles. The smallest absolute Gasteiger partial charge is 0.264 e. The number of benzene rings is 3. The number of amides is 1. The predicted molar refractivity (Wildman–Crippen MR) is 121 cm³/mol. The van der Waals surface area contributed by atoms with E-state index >= 15 is 0 Å². The molecule has 1 atom stereocenters. The van der Waals surface area contributed by atoms with Crippen molar-refractivity contribution in [2.24, 2.45) is 0 Å². The minimum absolute atomic E-state index is 0.250. The number of carbonyl (C=O) groups excluding carboxylic acids is 2. The summed E-state index contributed by atoms with van der Waals surface area (Å²) in [5.74, 6) is -0.724. The summed E-state index contributed by atoms with van der Waals surface area (Å²) in [7, 11) is 0. The summed E-state index contributed by atoms with van der Waals surface area (Å²) in [6, 6.07) is 20.6. The summed E-state index contributed by atoms with van der Waals surface area (Å²) in [5, 5.41) is 11.5. The van der Waals surface area contributed by atoms with E-state index in [2.05, 4.69) is 15.9 Å². The minimum Gasteiger partial charge on any atom is -0.375 e. The molecule has 0 fully saturated rings. The van der Waals surface area contributed by atoms with Crippen LogP contribution in [0.1, 0.15) is 39.0 Å². The Labute approximate surface area is 184 Å². The Bertz CT molecular complexity index is 1140. The van der Waals surface area contributed by atoms with Crippen molar-refractivity contribution in [2.75, 3.05) is 4.90 Å². The number of aliphatic hydroxyl groups is 1. The maximum Gasteiger partial charge on any atom is 0.264 e. The number of anilines is 1. The van der Waals surface area contributed by atoms with Gasteiger partial charge in [-0.15, -0.1) is 0 Å². The number of halogens is 1. The van der Waals surface area contributed by atoms with Gasteiger partial charge in [-0.3, -0.25) is 9.59 Å². The molecule has 30 heavy (non-hydrogen) atoms. The zero-order chi connectivity index (χ0) is 21.5. The van der Waals surface area contributed by atoms with Gasteiger partial charge in [0.25, 0.3) is 5.91 Å². The van der Waals surface area contributed by atoms with Crippen LogP contribution in [0.3, 0.4) is 0 Å². The Balaban J connectivity index is 1.73. The third-order valence-electron chi connectivity index (χ3n) is 5.59. The van der Waals surface area contributed by atoms with Gasteiger partial charge in [0, 0.05) is 15.6 Å². The second-order valence-electron chi connectivity index (χ2n) is 7.82. The van der Waals surface area contributed by atoms with Crippen LogP contribution in [0.2, 0.25) is 0 Å². The van der Waals surface area contributed by atoms with Gasteiger partial charge >= 0.3 is 0 Å². The van der Waals surface area contributed by atoms with Gasteiger partial charge in [-0.2, -0.15) is 0 Å². The van der Waals surface area contributed by atoms with Crippen molar-refractivity contribution >= 4 is 33.3 Å². The highest BCUT2D eigenvalue weighted by molar-refractivity contribution is 9.10. The summed E-state index contributed by atoms with van der Waals surface area (Å²) < 4.78 is 0.744. The Morgan fingerprint density at radius 3 is 2.50 bits per heavy atom. The summed E-state index contributed by atoms with van der Waals surface area (Å²) >= 11 is 3.43. The Kier molecular flexibility index (Phi) is 5.35. The molecule has 1 aliphatic rings. The fourth-order valence-corrected chi connectivity index (χ4v) is 4.34. The topological polar surface area (TPSA) is 57.6 Å². The van der Waals surface area contributed by atoms with Gasteiger partial charge in [0.1, 0.15) is 0 Å². The predicted octanol–water partition coefficient (Wildman–Crippen LogP) is 5.07. The van der Waals surface area contributed by atoms with Crippen molar-refractivity contribution in [3.63, 3.8) is 0 Å². The third kappa shape index (κ3) is 3.59. The fourth-order valence-electron chi connectivity index (χ4n) is 3.98. The highest BCUT2D eigenvalue weighted by Gasteiger charge is 2.51. The zero-order valence-corrected chi connectivity index (χ0v) is 18.4. The number of rotatable bonds is 5. The van der Waals surface area contributed by atoms with Crippen LogP contribution in [0.15, 0.2) is 71.2 Å². The lowest BCUT2D eigenvalue weighted by Crippen LogP contribution is -2.41. The summed E-state index contributed by atoms with van der Waals surface area (Å²) in [4.78, 5) is 28.1. The Morgan fingerprint density at radius 1 is 1.03 bits per heavy atom. The molecular weight excluding hydrogens is 442 g/mol. The second kappa shape index (κ2) is 7.82. The lowest BCUT2D eigenvalue weighted by molar-refractivity contribution is -0.136. The van der Waals surface area contributed by atoms with Crippen LogP contribution < -0.4 is 4.90 Å². The van der Waals surface area contributed by atoms with E-state index in [0.29, 0.717) is 23.4 Å². The van der Waals surface area contributed by atoms with Crippen molar-refractivity contribution in [2.45, 2.75) is 32.4 Å². The van der Waals surface area contributed by atoms with Gasteiger partial charge < -0.3 is 10.0 Å².